The Morgan fingerprint density at radius 2 is 2.12 bits per heavy atom. The van der Waals surface area contributed by atoms with Crippen LogP contribution in [0.15, 0.2) is 23.1 Å². The average molecular weight is 249 g/mol. The van der Waals surface area contributed by atoms with Gasteiger partial charge in [-0.2, -0.15) is 13.2 Å². The lowest BCUT2D eigenvalue weighted by Crippen LogP contribution is -2.37. The van der Waals surface area contributed by atoms with Gasteiger partial charge in [0.05, 0.1) is 0 Å². The fourth-order valence-electron chi connectivity index (χ4n) is 1.32. The van der Waals surface area contributed by atoms with Crippen LogP contribution in [0.25, 0.3) is 0 Å². The van der Waals surface area contributed by atoms with Crippen LogP contribution in [0.2, 0.25) is 0 Å². The van der Waals surface area contributed by atoms with Crippen LogP contribution >= 0.6 is 0 Å². The molecule has 0 saturated carbocycles. The lowest BCUT2D eigenvalue weighted by Gasteiger charge is -2.17. The largest absolute Gasteiger partial charge is 0.481 e. The first-order valence-electron chi connectivity index (χ1n) is 4.69. The van der Waals surface area contributed by atoms with E-state index in [-0.39, 0.29) is 5.56 Å². The van der Waals surface area contributed by atoms with E-state index in [1.807, 2.05) is 0 Å². The highest BCUT2D eigenvalue weighted by atomic mass is 19.4. The molecule has 7 heteroatoms. The number of aromatic nitrogens is 1. The molecule has 1 atom stereocenters. The molecule has 4 nitrogen and oxygen atoms in total. The van der Waals surface area contributed by atoms with Gasteiger partial charge in [0.15, 0.2) is 5.92 Å². The normalized spacial score (nSPS) is 13.4. The van der Waals surface area contributed by atoms with Gasteiger partial charge in [0.25, 0.3) is 5.56 Å². The molecular weight excluding hydrogens is 239 g/mol. The minimum absolute atomic E-state index is 0.263. The predicted octanol–water partition coefficient (Wildman–Crippen LogP) is 1.42. The molecule has 0 radical (unpaired) electrons. The van der Waals surface area contributed by atoms with Crippen molar-refractivity contribution in [1.29, 1.82) is 0 Å². The fourth-order valence-corrected chi connectivity index (χ4v) is 1.32. The number of hydrogen-bond acceptors (Lipinski definition) is 2. The summed E-state index contributed by atoms with van der Waals surface area (Å²) in [6.45, 7) is 0.529. The van der Waals surface area contributed by atoms with Crippen molar-refractivity contribution in [3.05, 3.63) is 34.2 Å². The van der Waals surface area contributed by atoms with Crippen molar-refractivity contribution in [3.8, 4) is 0 Å². The standard InChI is InChI=1S/C10H10F3NO3/c1-6-3-2-4-14(8(6)15)5-7(9(16)17)10(11,12)13/h2-4,7H,5H2,1H3,(H,16,17). The van der Waals surface area contributed by atoms with Gasteiger partial charge in [-0.3, -0.25) is 9.59 Å². The Bertz CT molecular complexity index is 478. The van der Waals surface area contributed by atoms with E-state index in [0.29, 0.717) is 0 Å². The zero-order valence-electron chi connectivity index (χ0n) is 8.86. The van der Waals surface area contributed by atoms with Gasteiger partial charge in [0, 0.05) is 18.3 Å². The van der Waals surface area contributed by atoms with Crippen LogP contribution in [0, 0.1) is 12.8 Å². The molecule has 1 aromatic rings. The second kappa shape index (κ2) is 4.60. The molecule has 0 aliphatic rings. The molecule has 0 aliphatic carbocycles. The molecule has 1 unspecified atom stereocenters. The van der Waals surface area contributed by atoms with E-state index in [1.54, 1.807) is 0 Å². The van der Waals surface area contributed by atoms with E-state index < -0.39 is 30.2 Å². The highest BCUT2D eigenvalue weighted by molar-refractivity contribution is 5.70. The van der Waals surface area contributed by atoms with Crippen LogP contribution < -0.4 is 5.56 Å². The third-order valence-electron chi connectivity index (χ3n) is 2.28. The van der Waals surface area contributed by atoms with Crippen molar-refractivity contribution < 1.29 is 23.1 Å². The Balaban J connectivity index is 3.07. The first-order chi connectivity index (χ1) is 7.73. The lowest BCUT2D eigenvalue weighted by atomic mass is 10.1. The van der Waals surface area contributed by atoms with E-state index in [0.717, 1.165) is 10.8 Å². The first kappa shape index (κ1) is 13.3. The molecule has 1 heterocycles. The molecule has 17 heavy (non-hydrogen) atoms. The molecule has 0 aliphatic heterocycles. The summed E-state index contributed by atoms with van der Waals surface area (Å²) in [5, 5.41) is 8.50. The highest BCUT2D eigenvalue weighted by Crippen LogP contribution is 2.27. The van der Waals surface area contributed by atoms with Gasteiger partial charge >= 0.3 is 12.1 Å². The number of aliphatic carboxylic acids is 1. The number of aryl methyl sites for hydroxylation is 1. The van der Waals surface area contributed by atoms with E-state index in [2.05, 4.69) is 0 Å². The summed E-state index contributed by atoms with van der Waals surface area (Å²) < 4.78 is 37.9. The van der Waals surface area contributed by atoms with Crippen LogP contribution in [-0.4, -0.2) is 21.8 Å². The van der Waals surface area contributed by atoms with Crippen molar-refractivity contribution in [2.24, 2.45) is 5.92 Å². The quantitative estimate of drug-likeness (QED) is 0.881. The minimum atomic E-state index is -4.88. The van der Waals surface area contributed by atoms with Crippen molar-refractivity contribution in [2.45, 2.75) is 19.6 Å². The molecule has 94 valence electrons. The zero-order chi connectivity index (χ0) is 13.2. The Hall–Kier alpha value is -1.79. The third kappa shape index (κ3) is 3.08. The molecule has 0 aromatic carbocycles. The maximum absolute atomic E-state index is 12.4. The van der Waals surface area contributed by atoms with Crippen LogP contribution in [0.1, 0.15) is 5.56 Å². The number of halogens is 3. The molecule has 1 N–H and O–H groups in total. The number of alkyl halides is 3. The van der Waals surface area contributed by atoms with E-state index in [9.17, 15) is 22.8 Å². The number of nitrogens with zero attached hydrogens (tertiary/aromatic N) is 1. The van der Waals surface area contributed by atoms with Gasteiger partial charge in [-0.15, -0.1) is 0 Å². The lowest BCUT2D eigenvalue weighted by molar-refractivity contribution is -0.196. The summed E-state index contributed by atoms with van der Waals surface area (Å²) in [4.78, 5) is 22.0. The van der Waals surface area contributed by atoms with Crippen LogP contribution in [0.4, 0.5) is 13.2 Å². The van der Waals surface area contributed by atoms with E-state index in [4.69, 9.17) is 5.11 Å². The summed E-state index contributed by atoms with van der Waals surface area (Å²) in [7, 11) is 0. The van der Waals surface area contributed by atoms with Gasteiger partial charge in [0.1, 0.15) is 0 Å². The SMILES string of the molecule is Cc1cccn(CC(C(=O)O)C(F)(F)F)c1=O. The number of rotatable bonds is 3. The topological polar surface area (TPSA) is 59.3 Å². The van der Waals surface area contributed by atoms with Crippen molar-refractivity contribution >= 4 is 5.97 Å². The van der Waals surface area contributed by atoms with Gasteiger partial charge < -0.3 is 9.67 Å². The van der Waals surface area contributed by atoms with Crippen LogP contribution in [0.3, 0.4) is 0 Å². The summed E-state index contributed by atoms with van der Waals surface area (Å²) in [5.74, 6) is -4.58. The molecule has 0 fully saturated rings. The number of carboxylic acids is 1. The van der Waals surface area contributed by atoms with Crippen LogP contribution in [0.5, 0.6) is 0 Å². The van der Waals surface area contributed by atoms with Gasteiger partial charge in [-0.05, 0) is 13.0 Å². The second-order valence-electron chi connectivity index (χ2n) is 3.58. The fraction of sp³-hybridized carbons (Fsp3) is 0.400. The van der Waals surface area contributed by atoms with Gasteiger partial charge in [-0.25, -0.2) is 0 Å². The first-order valence-corrected chi connectivity index (χ1v) is 4.69. The summed E-state index contributed by atoms with van der Waals surface area (Å²) in [6.07, 6.45) is -3.74. The van der Waals surface area contributed by atoms with Crippen molar-refractivity contribution in [2.75, 3.05) is 0 Å². The van der Waals surface area contributed by atoms with E-state index in [1.165, 1.54) is 19.1 Å². The molecule has 1 aromatic heterocycles. The second-order valence-corrected chi connectivity index (χ2v) is 3.58. The average Bonchev–Trinajstić information content (AvgIpc) is 2.17. The summed E-state index contributed by atoms with van der Waals surface area (Å²) in [5.41, 5.74) is -0.359. The number of carbonyl (C=O) groups is 1. The molecule has 0 amide bonds. The number of hydrogen-bond donors (Lipinski definition) is 1. The van der Waals surface area contributed by atoms with Crippen molar-refractivity contribution in [3.63, 3.8) is 0 Å². The smallest absolute Gasteiger partial charge is 0.403 e. The highest BCUT2D eigenvalue weighted by Gasteiger charge is 2.45. The summed E-state index contributed by atoms with van der Waals surface area (Å²) >= 11 is 0. The third-order valence-corrected chi connectivity index (χ3v) is 2.28. The van der Waals surface area contributed by atoms with Crippen LogP contribution in [-0.2, 0) is 11.3 Å². The number of carboxylic acid groups (broad SMARTS) is 1. The molecule has 0 spiro atoms. The Kier molecular flexibility index (Phi) is 3.59. The molecular formula is C10H10F3NO3. The van der Waals surface area contributed by atoms with E-state index >= 15 is 0 Å². The van der Waals surface area contributed by atoms with Gasteiger partial charge in [-0.1, -0.05) is 6.07 Å². The maximum Gasteiger partial charge on any atom is 0.403 e. The Morgan fingerprint density at radius 1 is 1.53 bits per heavy atom. The zero-order valence-corrected chi connectivity index (χ0v) is 8.86. The molecule has 0 bridgehead atoms. The Labute approximate surface area is 94.3 Å². The molecule has 1 rings (SSSR count). The Morgan fingerprint density at radius 3 is 2.59 bits per heavy atom. The summed E-state index contributed by atoms with van der Waals surface area (Å²) in [6, 6.07) is 2.84. The minimum Gasteiger partial charge on any atom is -0.481 e. The van der Waals surface area contributed by atoms with Gasteiger partial charge in [0.2, 0.25) is 0 Å². The van der Waals surface area contributed by atoms with Crippen molar-refractivity contribution in [1.82, 2.24) is 4.57 Å². The number of pyridine rings is 1. The maximum atomic E-state index is 12.4. The predicted molar refractivity (Wildman–Crippen MR) is 52.6 cm³/mol. The monoisotopic (exact) mass is 249 g/mol. The molecule has 0 saturated heterocycles.